The molecule has 0 radical (unpaired) electrons. The van der Waals surface area contributed by atoms with Crippen LogP contribution in [0.2, 0.25) is 0 Å². The molecule has 0 aromatic heterocycles. The van der Waals surface area contributed by atoms with Crippen LogP contribution in [0, 0.1) is 11.7 Å². The average Bonchev–Trinajstić information content (AvgIpc) is 2.39. The van der Waals surface area contributed by atoms with Gasteiger partial charge in [-0.2, -0.15) is 0 Å². The molecule has 6 heteroatoms. The highest BCUT2D eigenvalue weighted by atomic mass is 19.1. The molecule has 0 heterocycles. The van der Waals surface area contributed by atoms with E-state index in [0.717, 1.165) is 6.07 Å². The molecule has 1 amide bonds. The van der Waals surface area contributed by atoms with E-state index in [9.17, 15) is 14.0 Å². The van der Waals surface area contributed by atoms with Crippen LogP contribution in [0.15, 0.2) is 18.2 Å². The maximum absolute atomic E-state index is 13.2. The van der Waals surface area contributed by atoms with E-state index in [1.807, 2.05) is 6.92 Å². The number of carbonyl (C=O) groups is 2. The zero-order valence-corrected chi connectivity index (χ0v) is 11.4. The molecule has 0 saturated carbocycles. The van der Waals surface area contributed by atoms with Crippen molar-refractivity contribution in [2.75, 3.05) is 12.3 Å². The molecular weight excluding hydrogens is 263 g/mol. The standard InChI is InChI=1S/C14H19FN2O3/c1-9(2-5-13(18)19)6-7-17-14(20)10-3-4-12(16)11(15)8-10/h3-4,8-9H,2,5-7,16H2,1H3,(H,17,20)(H,18,19). The van der Waals surface area contributed by atoms with E-state index in [1.54, 1.807) is 0 Å². The Balaban J connectivity index is 2.36. The molecule has 0 aliphatic carbocycles. The number of amides is 1. The van der Waals surface area contributed by atoms with Crippen molar-refractivity contribution in [1.82, 2.24) is 5.32 Å². The molecule has 0 saturated heterocycles. The fraction of sp³-hybridized carbons (Fsp3) is 0.429. The van der Waals surface area contributed by atoms with Gasteiger partial charge >= 0.3 is 5.97 Å². The second-order valence-electron chi connectivity index (χ2n) is 4.82. The number of aliphatic carboxylic acids is 1. The van der Waals surface area contributed by atoms with Crippen LogP contribution in [-0.2, 0) is 4.79 Å². The first-order valence-electron chi connectivity index (χ1n) is 6.45. The van der Waals surface area contributed by atoms with Crippen molar-refractivity contribution in [2.24, 2.45) is 5.92 Å². The normalized spacial score (nSPS) is 11.9. The topological polar surface area (TPSA) is 92.4 Å². The number of hydrogen-bond donors (Lipinski definition) is 3. The fourth-order valence-electron chi connectivity index (χ4n) is 1.72. The van der Waals surface area contributed by atoms with Gasteiger partial charge in [-0.25, -0.2) is 4.39 Å². The first kappa shape index (κ1) is 15.9. The average molecular weight is 282 g/mol. The molecule has 0 aliphatic rings. The van der Waals surface area contributed by atoms with Crippen molar-refractivity contribution in [1.29, 1.82) is 0 Å². The minimum atomic E-state index is -0.821. The van der Waals surface area contributed by atoms with Crippen LogP contribution in [0.5, 0.6) is 0 Å². The van der Waals surface area contributed by atoms with Gasteiger partial charge in [0.15, 0.2) is 0 Å². The van der Waals surface area contributed by atoms with Gasteiger partial charge in [-0.05, 0) is 37.0 Å². The molecule has 1 aromatic rings. The summed E-state index contributed by atoms with van der Waals surface area (Å²) in [7, 11) is 0. The molecule has 1 rings (SSSR count). The van der Waals surface area contributed by atoms with E-state index in [4.69, 9.17) is 10.8 Å². The molecule has 110 valence electrons. The van der Waals surface area contributed by atoms with Gasteiger partial charge in [0.05, 0.1) is 5.69 Å². The predicted molar refractivity (Wildman–Crippen MR) is 73.8 cm³/mol. The Kier molecular flexibility index (Phi) is 5.96. The lowest BCUT2D eigenvalue weighted by Crippen LogP contribution is -2.25. The van der Waals surface area contributed by atoms with E-state index in [2.05, 4.69) is 5.32 Å². The van der Waals surface area contributed by atoms with Crippen LogP contribution < -0.4 is 11.1 Å². The zero-order chi connectivity index (χ0) is 15.1. The van der Waals surface area contributed by atoms with Crippen LogP contribution in [0.3, 0.4) is 0 Å². The maximum atomic E-state index is 13.2. The Morgan fingerprint density at radius 3 is 2.70 bits per heavy atom. The number of nitrogens with one attached hydrogen (secondary N) is 1. The van der Waals surface area contributed by atoms with Crippen LogP contribution >= 0.6 is 0 Å². The highest BCUT2D eigenvalue weighted by molar-refractivity contribution is 5.94. The monoisotopic (exact) mass is 282 g/mol. The molecule has 0 fully saturated rings. The second-order valence-corrected chi connectivity index (χ2v) is 4.82. The highest BCUT2D eigenvalue weighted by Crippen LogP contribution is 2.12. The first-order valence-corrected chi connectivity index (χ1v) is 6.45. The molecule has 0 aliphatic heterocycles. The number of benzene rings is 1. The largest absolute Gasteiger partial charge is 0.481 e. The van der Waals surface area contributed by atoms with E-state index < -0.39 is 11.8 Å². The van der Waals surface area contributed by atoms with Gasteiger partial charge in [-0.1, -0.05) is 6.92 Å². The Morgan fingerprint density at radius 2 is 2.10 bits per heavy atom. The number of carbonyl (C=O) groups excluding carboxylic acids is 1. The predicted octanol–water partition coefficient (Wildman–Crippen LogP) is 2.03. The van der Waals surface area contributed by atoms with Gasteiger partial charge in [0.2, 0.25) is 0 Å². The summed E-state index contributed by atoms with van der Waals surface area (Å²) in [6, 6.07) is 3.90. The van der Waals surface area contributed by atoms with Crippen LogP contribution in [-0.4, -0.2) is 23.5 Å². The summed E-state index contributed by atoms with van der Waals surface area (Å²) in [5.41, 5.74) is 5.55. The van der Waals surface area contributed by atoms with Gasteiger partial charge in [-0.15, -0.1) is 0 Å². The van der Waals surface area contributed by atoms with Crippen molar-refractivity contribution in [3.8, 4) is 0 Å². The van der Waals surface area contributed by atoms with E-state index in [1.165, 1.54) is 12.1 Å². The van der Waals surface area contributed by atoms with Crippen LogP contribution in [0.1, 0.15) is 36.5 Å². The van der Waals surface area contributed by atoms with Crippen molar-refractivity contribution in [3.05, 3.63) is 29.6 Å². The number of nitrogens with two attached hydrogens (primary N) is 1. The summed E-state index contributed by atoms with van der Waals surface area (Å²) < 4.78 is 13.2. The van der Waals surface area contributed by atoms with Gasteiger partial charge in [-0.3, -0.25) is 9.59 Å². The van der Waals surface area contributed by atoms with Gasteiger partial charge in [0.25, 0.3) is 5.91 Å². The van der Waals surface area contributed by atoms with Gasteiger partial charge in [0, 0.05) is 18.5 Å². The molecule has 5 nitrogen and oxygen atoms in total. The number of anilines is 1. The number of carboxylic acid groups (broad SMARTS) is 1. The number of carboxylic acids is 1. The molecule has 1 aromatic carbocycles. The fourth-order valence-corrected chi connectivity index (χ4v) is 1.72. The molecule has 20 heavy (non-hydrogen) atoms. The van der Waals surface area contributed by atoms with E-state index in [0.29, 0.717) is 19.4 Å². The number of halogens is 1. The highest BCUT2D eigenvalue weighted by Gasteiger charge is 2.09. The quantitative estimate of drug-likeness (QED) is 0.667. The zero-order valence-electron chi connectivity index (χ0n) is 11.4. The minimum Gasteiger partial charge on any atom is -0.481 e. The van der Waals surface area contributed by atoms with Crippen LogP contribution in [0.25, 0.3) is 0 Å². The second kappa shape index (κ2) is 7.47. The molecule has 0 bridgehead atoms. The van der Waals surface area contributed by atoms with Crippen LogP contribution in [0.4, 0.5) is 10.1 Å². The summed E-state index contributed by atoms with van der Waals surface area (Å²) in [4.78, 5) is 22.2. The number of hydrogen-bond acceptors (Lipinski definition) is 3. The van der Waals surface area contributed by atoms with Crippen molar-refractivity contribution < 1.29 is 19.1 Å². The minimum absolute atomic E-state index is 0.00356. The Bertz CT molecular complexity index is 491. The molecule has 0 spiro atoms. The molecular formula is C14H19FN2O3. The summed E-state index contributed by atoms with van der Waals surface area (Å²) in [6.45, 7) is 2.35. The lowest BCUT2D eigenvalue weighted by Gasteiger charge is -2.11. The summed E-state index contributed by atoms with van der Waals surface area (Å²) in [6.07, 6.45) is 1.37. The number of rotatable bonds is 7. The molecule has 1 atom stereocenters. The first-order chi connectivity index (χ1) is 9.40. The van der Waals surface area contributed by atoms with Crippen molar-refractivity contribution in [2.45, 2.75) is 26.2 Å². The Morgan fingerprint density at radius 1 is 1.40 bits per heavy atom. The molecule has 4 N–H and O–H groups in total. The maximum Gasteiger partial charge on any atom is 0.303 e. The third-order valence-electron chi connectivity index (χ3n) is 3.04. The van der Waals surface area contributed by atoms with Gasteiger partial charge in [0.1, 0.15) is 5.82 Å². The molecule has 1 unspecified atom stereocenters. The Labute approximate surface area is 117 Å². The van der Waals surface area contributed by atoms with E-state index >= 15 is 0 Å². The van der Waals surface area contributed by atoms with Gasteiger partial charge < -0.3 is 16.2 Å². The summed E-state index contributed by atoms with van der Waals surface area (Å²) in [5.74, 6) is -1.60. The summed E-state index contributed by atoms with van der Waals surface area (Å²) >= 11 is 0. The lowest BCUT2D eigenvalue weighted by atomic mass is 10.0. The lowest BCUT2D eigenvalue weighted by molar-refractivity contribution is -0.137. The van der Waals surface area contributed by atoms with Crippen molar-refractivity contribution >= 4 is 17.6 Å². The van der Waals surface area contributed by atoms with Crippen molar-refractivity contribution in [3.63, 3.8) is 0 Å². The third kappa shape index (κ3) is 5.26. The summed E-state index contributed by atoms with van der Waals surface area (Å²) in [5, 5.41) is 11.2. The third-order valence-corrected chi connectivity index (χ3v) is 3.04. The van der Waals surface area contributed by atoms with E-state index in [-0.39, 0.29) is 29.5 Å². The number of nitrogen functional groups attached to an aromatic ring is 1. The Hall–Kier alpha value is -2.11. The SMILES string of the molecule is CC(CCNC(=O)c1ccc(N)c(F)c1)CCC(=O)O. The smallest absolute Gasteiger partial charge is 0.303 e.